The highest BCUT2D eigenvalue weighted by Crippen LogP contribution is 2.35. The van der Waals surface area contributed by atoms with Crippen molar-refractivity contribution in [3.05, 3.63) is 46.0 Å². The molecule has 19 heavy (non-hydrogen) atoms. The predicted molar refractivity (Wildman–Crippen MR) is 73.3 cm³/mol. The fourth-order valence-corrected chi connectivity index (χ4v) is 2.20. The number of halogens is 4. The second-order valence-electron chi connectivity index (χ2n) is 4.26. The minimum atomic E-state index is -4.36. The van der Waals surface area contributed by atoms with Crippen molar-refractivity contribution in [1.29, 1.82) is 0 Å². The monoisotopic (exact) mass is 336 g/mol. The zero-order chi connectivity index (χ0) is 14.6. The van der Waals surface area contributed by atoms with Crippen molar-refractivity contribution in [2.45, 2.75) is 32.0 Å². The van der Waals surface area contributed by atoms with Crippen LogP contribution in [0.2, 0.25) is 0 Å². The van der Waals surface area contributed by atoms with Crippen LogP contribution in [0.5, 0.6) is 0 Å². The third-order valence-electron chi connectivity index (χ3n) is 2.89. The minimum absolute atomic E-state index is 0.399. The number of nitrogens with one attached hydrogen (secondary N) is 1. The highest BCUT2D eigenvalue weighted by Gasteiger charge is 2.31. The lowest BCUT2D eigenvalue weighted by Crippen LogP contribution is -2.28. The summed E-state index contributed by atoms with van der Waals surface area (Å²) in [6.45, 7) is 5.80. The average Bonchev–Trinajstić information content (AvgIpc) is 2.35. The summed E-state index contributed by atoms with van der Waals surface area (Å²) in [5, 5.41) is 0. The van der Waals surface area contributed by atoms with Gasteiger partial charge in [0.2, 0.25) is 0 Å². The van der Waals surface area contributed by atoms with Crippen molar-refractivity contribution in [2.24, 2.45) is 5.84 Å². The van der Waals surface area contributed by atoms with E-state index in [0.29, 0.717) is 16.5 Å². The second-order valence-corrected chi connectivity index (χ2v) is 5.12. The fourth-order valence-electron chi connectivity index (χ4n) is 1.68. The normalized spacial score (nSPS) is 13.4. The Labute approximate surface area is 119 Å². The molecule has 1 aromatic carbocycles. The molecule has 0 aliphatic heterocycles. The summed E-state index contributed by atoms with van der Waals surface area (Å²) in [5.41, 5.74) is 3.26. The molecular weight excluding hydrogens is 321 g/mol. The zero-order valence-electron chi connectivity index (χ0n) is 10.5. The van der Waals surface area contributed by atoms with Crippen molar-refractivity contribution in [2.75, 3.05) is 0 Å². The van der Waals surface area contributed by atoms with Crippen LogP contribution in [0.3, 0.4) is 0 Å². The molecule has 6 heteroatoms. The first kappa shape index (κ1) is 16.2. The van der Waals surface area contributed by atoms with Crippen molar-refractivity contribution < 1.29 is 13.2 Å². The van der Waals surface area contributed by atoms with E-state index in [4.69, 9.17) is 5.84 Å². The molecule has 0 amide bonds. The second kappa shape index (κ2) is 6.54. The molecule has 1 rings (SSSR count). The molecular formula is C13H16BrF3N2. The molecule has 0 aliphatic rings. The SMILES string of the molecule is C=C(CC)CC(NN)c1cc(C(F)(F)F)ccc1Br. The summed E-state index contributed by atoms with van der Waals surface area (Å²) in [6, 6.07) is 3.13. The summed E-state index contributed by atoms with van der Waals surface area (Å²) in [7, 11) is 0. The van der Waals surface area contributed by atoms with E-state index < -0.39 is 17.8 Å². The van der Waals surface area contributed by atoms with Crippen LogP contribution >= 0.6 is 15.9 Å². The van der Waals surface area contributed by atoms with E-state index in [2.05, 4.69) is 27.9 Å². The van der Waals surface area contributed by atoms with Gasteiger partial charge in [0.15, 0.2) is 0 Å². The molecule has 0 saturated carbocycles. The number of rotatable bonds is 5. The number of hydrogen-bond acceptors (Lipinski definition) is 2. The zero-order valence-corrected chi connectivity index (χ0v) is 12.1. The molecule has 0 saturated heterocycles. The van der Waals surface area contributed by atoms with Gasteiger partial charge in [-0.25, -0.2) is 0 Å². The van der Waals surface area contributed by atoms with Crippen LogP contribution < -0.4 is 11.3 Å². The average molecular weight is 337 g/mol. The molecule has 0 aromatic heterocycles. The Balaban J connectivity index is 3.12. The first-order chi connectivity index (χ1) is 8.79. The highest BCUT2D eigenvalue weighted by molar-refractivity contribution is 9.10. The third kappa shape index (κ3) is 4.33. The molecule has 106 valence electrons. The maximum Gasteiger partial charge on any atom is 0.416 e. The van der Waals surface area contributed by atoms with Gasteiger partial charge in [-0.05, 0) is 36.6 Å². The number of hydrazine groups is 1. The minimum Gasteiger partial charge on any atom is -0.271 e. The fraction of sp³-hybridized carbons (Fsp3) is 0.385. The Hall–Kier alpha value is -0.850. The van der Waals surface area contributed by atoms with Crippen molar-refractivity contribution in [1.82, 2.24) is 5.43 Å². The standard InChI is InChI=1S/C13H16BrF3N2/c1-3-8(2)6-12(19-18)10-7-9(13(15,16)17)4-5-11(10)14/h4-5,7,12,19H,2-3,6,18H2,1H3. The summed E-state index contributed by atoms with van der Waals surface area (Å²) in [5.74, 6) is 5.44. The van der Waals surface area contributed by atoms with Gasteiger partial charge in [-0.2, -0.15) is 13.2 Å². The van der Waals surface area contributed by atoms with E-state index in [0.717, 1.165) is 24.1 Å². The summed E-state index contributed by atoms with van der Waals surface area (Å²) in [4.78, 5) is 0. The van der Waals surface area contributed by atoms with Crippen LogP contribution in [0.15, 0.2) is 34.8 Å². The molecule has 0 spiro atoms. The van der Waals surface area contributed by atoms with Crippen LogP contribution in [0.25, 0.3) is 0 Å². The lowest BCUT2D eigenvalue weighted by molar-refractivity contribution is -0.137. The van der Waals surface area contributed by atoms with E-state index in [1.54, 1.807) is 0 Å². The van der Waals surface area contributed by atoms with Gasteiger partial charge in [0.1, 0.15) is 0 Å². The van der Waals surface area contributed by atoms with Crippen LogP contribution in [-0.4, -0.2) is 0 Å². The summed E-state index contributed by atoms with van der Waals surface area (Å²) < 4.78 is 38.7. The van der Waals surface area contributed by atoms with Gasteiger partial charge in [0, 0.05) is 4.47 Å². The molecule has 0 radical (unpaired) electrons. The van der Waals surface area contributed by atoms with Crippen molar-refractivity contribution in [3.8, 4) is 0 Å². The van der Waals surface area contributed by atoms with Gasteiger partial charge in [0.25, 0.3) is 0 Å². The lowest BCUT2D eigenvalue weighted by Gasteiger charge is -2.20. The largest absolute Gasteiger partial charge is 0.416 e. The first-order valence-corrected chi connectivity index (χ1v) is 6.58. The third-order valence-corrected chi connectivity index (χ3v) is 3.61. The van der Waals surface area contributed by atoms with E-state index in [1.807, 2.05) is 6.92 Å². The Bertz CT molecular complexity index is 458. The van der Waals surface area contributed by atoms with Crippen LogP contribution in [0, 0.1) is 0 Å². The van der Waals surface area contributed by atoms with Gasteiger partial charge in [-0.3, -0.25) is 11.3 Å². The van der Waals surface area contributed by atoms with Gasteiger partial charge in [-0.15, -0.1) is 0 Å². The molecule has 0 bridgehead atoms. The van der Waals surface area contributed by atoms with Gasteiger partial charge in [-0.1, -0.05) is 35.0 Å². The Kier molecular flexibility index (Phi) is 5.58. The van der Waals surface area contributed by atoms with Crippen LogP contribution in [0.4, 0.5) is 13.2 Å². The van der Waals surface area contributed by atoms with Crippen molar-refractivity contribution >= 4 is 15.9 Å². The summed E-state index contributed by atoms with van der Waals surface area (Å²) in [6.07, 6.45) is -3.11. The highest BCUT2D eigenvalue weighted by atomic mass is 79.9. The molecule has 2 nitrogen and oxygen atoms in total. The molecule has 3 N–H and O–H groups in total. The maximum atomic E-state index is 12.7. The van der Waals surface area contributed by atoms with Crippen molar-refractivity contribution in [3.63, 3.8) is 0 Å². The van der Waals surface area contributed by atoms with E-state index in [-0.39, 0.29) is 0 Å². The van der Waals surface area contributed by atoms with E-state index >= 15 is 0 Å². The molecule has 0 heterocycles. The van der Waals surface area contributed by atoms with Crippen LogP contribution in [0.1, 0.15) is 36.9 Å². The molecule has 0 aliphatic carbocycles. The quantitative estimate of drug-likeness (QED) is 0.477. The van der Waals surface area contributed by atoms with Gasteiger partial charge < -0.3 is 0 Å². The summed E-state index contributed by atoms with van der Waals surface area (Å²) >= 11 is 3.26. The lowest BCUT2D eigenvalue weighted by atomic mass is 9.97. The smallest absolute Gasteiger partial charge is 0.271 e. The Morgan fingerprint density at radius 2 is 2.11 bits per heavy atom. The molecule has 1 aromatic rings. The topological polar surface area (TPSA) is 38.0 Å². The predicted octanol–water partition coefficient (Wildman–Crippen LogP) is 4.33. The molecule has 1 atom stereocenters. The number of nitrogens with two attached hydrogens (primary N) is 1. The number of benzene rings is 1. The van der Waals surface area contributed by atoms with E-state index in [9.17, 15) is 13.2 Å². The first-order valence-electron chi connectivity index (χ1n) is 5.79. The number of alkyl halides is 3. The Morgan fingerprint density at radius 3 is 2.58 bits per heavy atom. The van der Waals surface area contributed by atoms with Crippen LogP contribution in [-0.2, 0) is 6.18 Å². The van der Waals surface area contributed by atoms with Gasteiger partial charge >= 0.3 is 6.18 Å². The Morgan fingerprint density at radius 1 is 1.47 bits per heavy atom. The molecule has 0 fully saturated rings. The van der Waals surface area contributed by atoms with E-state index in [1.165, 1.54) is 6.07 Å². The maximum absolute atomic E-state index is 12.7. The molecule has 1 unspecified atom stereocenters. The number of hydrogen-bond donors (Lipinski definition) is 2. The van der Waals surface area contributed by atoms with Gasteiger partial charge in [0.05, 0.1) is 11.6 Å².